The van der Waals surface area contributed by atoms with Gasteiger partial charge in [0.05, 0.1) is 22.1 Å². The molecule has 10 aromatic rings. The number of aryl methyl sites for hydroxylation is 1. The SMILES string of the molecule is [2H]C([2H])([2H])c1ccc2c(c1)-n1c3cccc(-c4nc(-c5ccccc5)nc(-c5ccccc5)n4)c3c3ccc4c(c31)-c1c-2cccc1C41c2ccccc2-c2ccccc21. The van der Waals surface area contributed by atoms with E-state index < -0.39 is 12.3 Å². The first kappa shape index (κ1) is 28.0. The van der Waals surface area contributed by atoms with Gasteiger partial charge in [-0.1, -0.05) is 164 Å². The maximum atomic E-state index is 8.53. The Kier molecular flexibility index (Phi) is 5.46. The predicted octanol–water partition coefficient (Wildman–Crippen LogP) is 12.6. The van der Waals surface area contributed by atoms with E-state index in [1.54, 1.807) is 6.07 Å². The molecule has 2 aliphatic carbocycles. The molecule has 0 atom stereocenters. The van der Waals surface area contributed by atoms with Crippen LogP contribution in [-0.4, -0.2) is 19.5 Å². The Morgan fingerprint density at radius 2 is 1.04 bits per heavy atom. The van der Waals surface area contributed by atoms with E-state index in [2.05, 4.69) is 102 Å². The molecule has 0 amide bonds. The molecule has 1 aliphatic heterocycles. The number of hydrogen-bond donors (Lipinski definition) is 0. The van der Waals surface area contributed by atoms with Crippen molar-refractivity contribution in [3.63, 3.8) is 0 Å². The number of rotatable bonds is 3. The molecular formula is C53H32N4. The van der Waals surface area contributed by atoms with Crippen molar-refractivity contribution in [1.29, 1.82) is 0 Å². The third kappa shape index (κ3) is 3.89. The maximum absolute atomic E-state index is 8.53. The van der Waals surface area contributed by atoms with Gasteiger partial charge in [0.15, 0.2) is 17.5 Å². The van der Waals surface area contributed by atoms with E-state index in [1.807, 2.05) is 72.8 Å². The van der Waals surface area contributed by atoms with Crippen molar-refractivity contribution in [3.8, 4) is 73.2 Å². The lowest BCUT2D eigenvalue weighted by atomic mass is 9.70. The molecule has 3 aliphatic rings. The largest absolute Gasteiger partial charge is 0.308 e. The zero-order valence-corrected chi connectivity index (χ0v) is 30.5. The smallest absolute Gasteiger partial charge is 0.164 e. The van der Waals surface area contributed by atoms with Crippen LogP contribution < -0.4 is 0 Å². The van der Waals surface area contributed by atoms with Crippen molar-refractivity contribution >= 4 is 21.8 Å². The van der Waals surface area contributed by atoms with Gasteiger partial charge in [-0.25, -0.2) is 15.0 Å². The van der Waals surface area contributed by atoms with Crippen LogP contribution in [-0.2, 0) is 5.41 Å². The number of fused-ring (bicyclic) bond motifs is 13. The maximum Gasteiger partial charge on any atom is 0.164 e. The van der Waals surface area contributed by atoms with Crippen molar-refractivity contribution in [2.45, 2.75) is 12.3 Å². The highest BCUT2D eigenvalue weighted by atomic mass is 15.0. The number of nitrogens with zero attached hydrogens (tertiary/aromatic N) is 4. The fraction of sp³-hybridized carbons (Fsp3) is 0.0377. The van der Waals surface area contributed by atoms with Crippen LogP contribution in [0.4, 0.5) is 0 Å². The van der Waals surface area contributed by atoms with Crippen LogP contribution in [0.1, 0.15) is 31.9 Å². The fourth-order valence-electron chi connectivity index (χ4n) is 10.3. The Balaban J connectivity index is 1.20. The molecule has 0 unspecified atom stereocenters. The van der Waals surface area contributed by atoms with Crippen molar-refractivity contribution < 1.29 is 4.11 Å². The molecule has 4 heteroatoms. The van der Waals surface area contributed by atoms with Gasteiger partial charge >= 0.3 is 0 Å². The van der Waals surface area contributed by atoms with E-state index in [4.69, 9.17) is 19.1 Å². The minimum Gasteiger partial charge on any atom is -0.308 e. The Labute approximate surface area is 333 Å². The van der Waals surface area contributed by atoms with Crippen molar-refractivity contribution in [1.82, 2.24) is 19.5 Å². The lowest BCUT2D eigenvalue weighted by Gasteiger charge is -2.31. The molecular weight excluding hydrogens is 693 g/mol. The highest BCUT2D eigenvalue weighted by Crippen LogP contribution is 2.66. The molecule has 13 rings (SSSR count). The summed E-state index contributed by atoms with van der Waals surface area (Å²) in [5.41, 5.74) is 17.2. The first-order valence-electron chi connectivity index (χ1n) is 20.9. The summed E-state index contributed by atoms with van der Waals surface area (Å²) in [6, 6.07) is 61.1. The zero-order valence-electron chi connectivity index (χ0n) is 33.5. The zero-order chi connectivity index (χ0) is 39.9. The Morgan fingerprint density at radius 3 is 1.74 bits per heavy atom. The van der Waals surface area contributed by atoms with Gasteiger partial charge in [-0.05, 0) is 69.1 Å². The average molecular weight is 728 g/mol. The molecule has 57 heavy (non-hydrogen) atoms. The lowest BCUT2D eigenvalue weighted by molar-refractivity contribution is 0.794. The molecule has 8 aromatic carbocycles. The van der Waals surface area contributed by atoms with Crippen LogP contribution in [0, 0.1) is 6.85 Å². The van der Waals surface area contributed by atoms with Crippen LogP contribution in [0.3, 0.4) is 0 Å². The standard InChI is InChI=1S/C53H32N4/c1-31-26-27-36-37-20-12-24-42-47(37)48-43(53(42)40-22-10-8-18-34(40)35-19-9-11-23-41(35)53)29-28-38-46-39(21-13-25-44(46)57(49(38)48)45(36)30-31)52-55-50(32-14-4-2-5-15-32)54-51(56-52)33-16-6-3-7-17-33/h2-30H,1H3/i1D3. The summed E-state index contributed by atoms with van der Waals surface area (Å²) in [5, 5.41) is 2.05. The third-order valence-corrected chi connectivity index (χ3v) is 12.5. The van der Waals surface area contributed by atoms with Crippen molar-refractivity contribution in [2.75, 3.05) is 0 Å². The third-order valence-electron chi connectivity index (χ3n) is 12.5. The van der Waals surface area contributed by atoms with Gasteiger partial charge in [-0.2, -0.15) is 0 Å². The van der Waals surface area contributed by atoms with Gasteiger partial charge < -0.3 is 4.57 Å². The molecule has 0 N–H and O–H groups in total. The van der Waals surface area contributed by atoms with Crippen LogP contribution >= 0.6 is 0 Å². The molecule has 264 valence electrons. The summed E-state index contributed by atoms with van der Waals surface area (Å²) in [6.07, 6.45) is 0. The number of hydrogen-bond acceptors (Lipinski definition) is 3. The van der Waals surface area contributed by atoms with Crippen molar-refractivity contribution in [2.24, 2.45) is 0 Å². The van der Waals surface area contributed by atoms with Gasteiger partial charge in [0.25, 0.3) is 0 Å². The predicted molar refractivity (Wildman–Crippen MR) is 231 cm³/mol. The van der Waals surface area contributed by atoms with E-state index >= 15 is 0 Å². The first-order chi connectivity index (χ1) is 29.4. The van der Waals surface area contributed by atoms with E-state index in [0.29, 0.717) is 23.0 Å². The van der Waals surface area contributed by atoms with Crippen LogP contribution in [0.25, 0.3) is 95.0 Å². The fourth-order valence-corrected chi connectivity index (χ4v) is 10.3. The minimum absolute atomic E-state index is 0.300. The first-order valence-corrected chi connectivity index (χ1v) is 19.4. The second-order valence-corrected chi connectivity index (χ2v) is 15.3. The Hall–Kier alpha value is -7.43. The number of benzene rings is 8. The van der Waals surface area contributed by atoms with Crippen LogP contribution in [0.5, 0.6) is 0 Å². The van der Waals surface area contributed by atoms with Gasteiger partial charge in [-0.15, -0.1) is 0 Å². The van der Waals surface area contributed by atoms with E-state index in [1.165, 1.54) is 44.5 Å². The summed E-state index contributed by atoms with van der Waals surface area (Å²) >= 11 is 0. The summed E-state index contributed by atoms with van der Waals surface area (Å²) in [4.78, 5) is 15.4. The Morgan fingerprint density at radius 1 is 0.456 bits per heavy atom. The lowest BCUT2D eigenvalue weighted by Crippen LogP contribution is -2.25. The second kappa shape index (κ2) is 11.1. The molecule has 0 saturated heterocycles. The summed E-state index contributed by atoms with van der Waals surface area (Å²) < 4.78 is 27.9. The van der Waals surface area contributed by atoms with Crippen molar-refractivity contribution in [3.05, 3.63) is 204 Å². The summed E-state index contributed by atoms with van der Waals surface area (Å²) in [7, 11) is 0. The molecule has 0 bridgehead atoms. The molecule has 0 saturated carbocycles. The molecule has 2 aromatic heterocycles. The highest BCUT2D eigenvalue weighted by molar-refractivity contribution is 6.22. The molecule has 0 radical (unpaired) electrons. The normalized spacial score (nSPS) is 14.5. The van der Waals surface area contributed by atoms with E-state index in [-0.39, 0.29) is 0 Å². The van der Waals surface area contributed by atoms with E-state index in [9.17, 15) is 0 Å². The van der Waals surface area contributed by atoms with Gasteiger partial charge in [0.2, 0.25) is 0 Å². The van der Waals surface area contributed by atoms with Gasteiger partial charge in [-0.3, -0.25) is 0 Å². The van der Waals surface area contributed by atoms with Gasteiger partial charge in [0, 0.05) is 42.7 Å². The topological polar surface area (TPSA) is 43.6 Å². The quantitative estimate of drug-likeness (QED) is 0.182. The van der Waals surface area contributed by atoms with Gasteiger partial charge in [0.1, 0.15) is 0 Å². The minimum atomic E-state index is -2.30. The van der Waals surface area contributed by atoms with Crippen LogP contribution in [0.15, 0.2) is 176 Å². The summed E-state index contributed by atoms with van der Waals surface area (Å²) in [5.74, 6) is 1.75. The molecule has 0 fully saturated rings. The average Bonchev–Trinajstić information content (AvgIpc) is 3.87. The molecule has 1 spiro atoms. The van der Waals surface area contributed by atoms with E-state index in [0.717, 1.165) is 55.3 Å². The number of aromatic nitrogens is 4. The second-order valence-electron chi connectivity index (χ2n) is 15.3. The highest BCUT2D eigenvalue weighted by Gasteiger charge is 2.53. The molecule has 3 heterocycles. The summed E-state index contributed by atoms with van der Waals surface area (Å²) in [6.45, 7) is -2.30. The molecule has 4 nitrogen and oxygen atoms in total. The monoisotopic (exact) mass is 727 g/mol. The van der Waals surface area contributed by atoms with Crippen LogP contribution in [0.2, 0.25) is 0 Å². The Bertz CT molecular complexity index is 3370.